The van der Waals surface area contributed by atoms with Crippen molar-refractivity contribution in [2.75, 3.05) is 7.11 Å². The van der Waals surface area contributed by atoms with Crippen LogP contribution in [0.15, 0.2) is 47.1 Å². The summed E-state index contributed by atoms with van der Waals surface area (Å²) < 4.78 is 31.9. The van der Waals surface area contributed by atoms with E-state index in [0.717, 1.165) is 0 Å². The fourth-order valence-corrected chi connectivity index (χ4v) is 3.35. The van der Waals surface area contributed by atoms with Crippen molar-refractivity contribution in [2.45, 2.75) is 18.7 Å². The maximum absolute atomic E-state index is 15.6. The number of carboxylic acid groups (broad SMARTS) is 1. The zero-order valence-electron chi connectivity index (χ0n) is 14.5. The molecular weight excluding hydrogens is 355 g/mol. The van der Waals surface area contributed by atoms with Crippen molar-refractivity contribution in [1.29, 1.82) is 0 Å². The molecule has 0 saturated heterocycles. The average Bonchev–Trinajstić information content (AvgIpc) is 3.05. The van der Waals surface area contributed by atoms with E-state index in [9.17, 15) is 14.7 Å². The quantitative estimate of drug-likeness (QED) is 0.705. The Morgan fingerprint density at radius 2 is 1.93 bits per heavy atom. The molecule has 138 valence electrons. The van der Waals surface area contributed by atoms with Gasteiger partial charge in [-0.3, -0.25) is 4.79 Å². The van der Waals surface area contributed by atoms with Crippen molar-refractivity contribution in [3.63, 3.8) is 0 Å². The molecule has 0 spiro atoms. The molecule has 3 aromatic rings. The SMILES string of the molecule is COc1ccc(C2Oc3c(ccc4occ(C)c34)C(=O)C2(F)C(=O)O)cc1. The number of carboxylic acids is 1. The van der Waals surface area contributed by atoms with Gasteiger partial charge in [0.05, 0.1) is 24.3 Å². The van der Waals surface area contributed by atoms with Gasteiger partial charge in [0.25, 0.3) is 0 Å². The lowest BCUT2D eigenvalue weighted by Crippen LogP contribution is -2.52. The lowest BCUT2D eigenvalue weighted by molar-refractivity contribution is -0.154. The standard InChI is InChI=1S/C20H15FO6/c1-10-9-26-14-8-7-13-16(15(10)14)27-18(20(21,17(13)22)19(23)24)11-3-5-12(25-2)6-4-11/h3-9,18H,1-2H3,(H,23,24). The molecule has 6 nitrogen and oxygen atoms in total. The van der Waals surface area contributed by atoms with Gasteiger partial charge in [-0.05, 0) is 42.3 Å². The van der Waals surface area contributed by atoms with Gasteiger partial charge in [0, 0.05) is 0 Å². The van der Waals surface area contributed by atoms with Gasteiger partial charge in [-0.15, -0.1) is 0 Å². The van der Waals surface area contributed by atoms with E-state index >= 15 is 4.39 Å². The van der Waals surface area contributed by atoms with Crippen molar-refractivity contribution in [1.82, 2.24) is 0 Å². The minimum atomic E-state index is -3.26. The van der Waals surface area contributed by atoms with Gasteiger partial charge < -0.3 is 19.0 Å². The smallest absolute Gasteiger partial charge is 0.354 e. The number of alkyl halides is 1. The molecule has 0 bridgehead atoms. The fourth-order valence-electron chi connectivity index (χ4n) is 3.35. The zero-order chi connectivity index (χ0) is 19.3. The predicted molar refractivity (Wildman–Crippen MR) is 93.1 cm³/mol. The number of carbonyl (C=O) groups is 2. The van der Waals surface area contributed by atoms with E-state index in [1.54, 1.807) is 19.1 Å². The molecule has 0 fully saturated rings. The molecule has 2 atom stereocenters. The van der Waals surface area contributed by atoms with Gasteiger partial charge in [-0.25, -0.2) is 9.18 Å². The second kappa shape index (κ2) is 5.84. The van der Waals surface area contributed by atoms with Crippen LogP contribution in [-0.4, -0.2) is 29.6 Å². The molecule has 2 heterocycles. The predicted octanol–water partition coefficient (Wildman–Crippen LogP) is 3.86. The summed E-state index contributed by atoms with van der Waals surface area (Å²) in [5, 5.41) is 10.1. The highest BCUT2D eigenvalue weighted by molar-refractivity contribution is 6.19. The summed E-state index contributed by atoms with van der Waals surface area (Å²) in [4.78, 5) is 24.6. The minimum absolute atomic E-state index is 0.123. The van der Waals surface area contributed by atoms with Crippen LogP contribution in [0.5, 0.6) is 11.5 Å². The highest BCUT2D eigenvalue weighted by Crippen LogP contribution is 2.47. The first-order chi connectivity index (χ1) is 12.9. The van der Waals surface area contributed by atoms with Gasteiger partial charge in [0.15, 0.2) is 6.10 Å². The monoisotopic (exact) mass is 370 g/mol. The molecule has 0 amide bonds. The lowest BCUT2D eigenvalue weighted by Gasteiger charge is -2.35. The normalized spacial score (nSPS) is 21.6. The van der Waals surface area contributed by atoms with Crippen LogP contribution in [0, 0.1) is 6.92 Å². The van der Waals surface area contributed by atoms with E-state index in [-0.39, 0.29) is 16.9 Å². The molecule has 1 aromatic heterocycles. The van der Waals surface area contributed by atoms with E-state index in [4.69, 9.17) is 13.9 Å². The Morgan fingerprint density at radius 1 is 1.22 bits per heavy atom. The van der Waals surface area contributed by atoms with E-state index in [0.29, 0.717) is 22.3 Å². The molecule has 7 heteroatoms. The van der Waals surface area contributed by atoms with E-state index in [2.05, 4.69) is 0 Å². The summed E-state index contributed by atoms with van der Waals surface area (Å²) in [5.74, 6) is -2.42. The molecule has 1 aliphatic heterocycles. The molecule has 1 N–H and O–H groups in total. The van der Waals surface area contributed by atoms with Gasteiger partial charge in [0.1, 0.15) is 17.1 Å². The number of ketones is 1. The Balaban J connectivity index is 1.95. The first-order valence-corrected chi connectivity index (χ1v) is 8.16. The molecule has 1 aliphatic rings. The Labute approximate surface area is 153 Å². The van der Waals surface area contributed by atoms with E-state index in [1.165, 1.54) is 37.6 Å². The number of ether oxygens (including phenoxy) is 2. The summed E-state index contributed by atoms with van der Waals surface area (Å²) in [6.07, 6.45) is -0.156. The molecule has 2 unspecified atom stereocenters. The van der Waals surface area contributed by atoms with Gasteiger partial charge in [-0.1, -0.05) is 12.1 Å². The number of aryl methyl sites for hydroxylation is 1. The maximum Gasteiger partial charge on any atom is 0.354 e. The van der Waals surface area contributed by atoms with Crippen molar-refractivity contribution in [2.24, 2.45) is 0 Å². The average molecular weight is 370 g/mol. The number of hydrogen-bond acceptors (Lipinski definition) is 5. The van der Waals surface area contributed by atoms with Crippen LogP contribution >= 0.6 is 0 Å². The highest BCUT2D eigenvalue weighted by Gasteiger charge is 2.59. The van der Waals surface area contributed by atoms with Crippen LogP contribution in [0.4, 0.5) is 4.39 Å². The number of rotatable bonds is 3. The summed E-state index contributed by atoms with van der Waals surface area (Å²) in [5.41, 5.74) is -2.01. The van der Waals surface area contributed by atoms with Crippen LogP contribution in [0.3, 0.4) is 0 Å². The second-order valence-electron chi connectivity index (χ2n) is 6.35. The van der Waals surface area contributed by atoms with Crippen LogP contribution < -0.4 is 9.47 Å². The van der Waals surface area contributed by atoms with Crippen LogP contribution in [0.25, 0.3) is 11.0 Å². The Hall–Kier alpha value is -3.35. The fraction of sp³-hybridized carbons (Fsp3) is 0.200. The molecule has 27 heavy (non-hydrogen) atoms. The van der Waals surface area contributed by atoms with Crippen molar-refractivity contribution in [3.05, 3.63) is 59.4 Å². The van der Waals surface area contributed by atoms with Crippen LogP contribution in [0.2, 0.25) is 0 Å². The Morgan fingerprint density at radius 3 is 2.56 bits per heavy atom. The van der Waals surface area contributed by atoms with Crippen LogP contribution in [-0.2, 0) is 4.79 Å². The number of halogens is 1. The first kappa shape index (κ1) is 17.1. The van der Waals surface area contributed by atoms with E-state index in [1.807, 2.05) is 0 Å². The third-order valence-electron chi connectivity index (χ3n) is 4.78. The van der Waals surface area contributed by atoms with Gasteiger partial charge in [0.2, 0.25) is 5.78 Å². The van der Waals surface area contributed by atoms with Gasteiger partial charge >= 0.3 is 11.6 Å². The summed E-state index contributed by atoms with van der Waals surface area (Å²) in [6.45, 7) is 1.76. The third kappa shape index (κ3) is 2.31. The van der Waals surface area contributed by atoms with Crippen LogP contribution in [0.1, 0.15) is 27.6 Å². The maximum atomic E-state index is 15.6. The summed E-state index contributed by atoms with van der Waals surface area (Å²) in [7, 11) is 1.47. The number of fused-ring (bicyclic) bond motifs is 3. The number of hydrogen-bond donors (Lipinski definition) is 1. The number of benzene rings is 2. The molecule has 0 radical (unpaired) electrons. The summed E-state index contributed by atoms with van der Waals surface area (Å²) in [6, 6.07) is 8.86. The van der Waals surface area contributed by atoms with Crippen molar-refractivity contribution < 1.29 is 33.0 Å². The second-order valence-corrected chi connectivity index (χ2v) is 6.35. The van der Waals surface area contributed by atoms with Crippen molar-refractivity contribution >= 4 is 22.7 Å². The number of furan rings is 1. The minimum Gasteiger partial charge on any atom is -0.497 e. The number of methoxy groups -OCH3 is 1. The lowest BCUT2D eigenvalue weighted by atomic mass is 9.82. The molecule has 4 rings (SSSR count). The molecule has 2 aromatic carbocycles. The molecular formula is C20H15FO6. The number of Topliss-reactive ketones (excluding diaryl/α,β-unsaturated/α-hetero) is 1. The van der Waals surface area contributed by atoms with E-state index < -0.39 is 23.5 Å². The third-order valence-corrected chi connectivity index (χ3v) is 4.78. The van der Waals surface area contributed by atoms with Crippen molar-refractivity contribution in [3.8, 4) is 11.5 Å². The highest BCUT2D eigenvalue weighted by atomic mass is 19.1. The zero-order valence-corrected chi connectivity index (χ0v) is 14.5. The first-order valence-electron chi connectivity index (χ1n) is 8.16. The Kier molecular flexibility index (Phi) is 3.69. The summed E-state index contributed by atoms with van der Waals surface area (Å²) >= 11 is 0. The molecule has 0 saturated carbocycles. The molecule has 0 aliphatic carbocycles. The number of carbonyl (C=O) groups excluding carboxylic acids is 1. The topological polar surface area (TPSA) is 86.0 Å². The largest absolute Gasteiger partial charge is 0.497 e. The van der Waals surface area contributed by atoms with Gasteiger partial charge in [-0.2, -0.15) is 0 Å². The Bertz CT molecular complexity index is 1070. The number of aliphatic carboxylic acids is 1.